The molecule has 0 atom stereocenters. The zero-order valence-electron chi connectivity index (χ0n) is 9.79. The summed E-state index contributed by atoms with van der Waals surface area (Å²) in [4.78, 5) is 11.7. The molecular formula is C12H18O3. The lowest BCUT2D eigenvalue weighted by Crippen LogP contribution is -2.23. The van der Waals surface area contributed by atoms with Gasteiger partial charge in [-0.25, -0.2) is 0 Å². The lowest BCUT2D eigenvalue weighted by Gasteiger charge is -2.21. The van der Waals surface area contributed by atoms with Crippen molar-refractivity contribution >= 4 is 5.78 Å². The van der Waals surface area contributed by atoms with E-state index in [4.69, 9.17) is 9.15 Å². The van der Waals surface area contributed by atoms with Crippen molar-refractivity contribution in [2.24, 2.45) is 0 Å². The molecule has 0 amide bonds. The summed E-state index contributed by atoms with van der Waals surface area (Å²) in [6.07, 6.45) is 2.70. The number of ketones is 1. The maximum atomic E-state index is 11.7. The monoisotopic (exact) mass is 210 g/mol. The quantitative estimate of drug-likeness (QED) is 0.701. The highest BCUT2D eigenvalue weighted by molar-refractivity contribution is 5.94. The predicted octanol–water partition coefficient (Wildman–Crippen LogP) is 2.98. The van der Waals surface area contributed by atoms with E-state index in [1.807, 2.05) is 20.8 Å². The average Bonchev–Trinajstić information content (AvgIpc) is 2.61. The Morgan fingerprint density at radius 1 is 1.53 bits per heavy atom. The van der Waals surface area contributed by atoms with Crippen LogP contribution in [0.15, 0.2) is 16.7 Å². The number of aryl methyl sites for hydroxylation is 1. The number of hydrogen-bond donors (Lipinski definition) is 0. The normalized spacial score (nSPS) is 11.7. The molecule has 0 aliphatic rings. The van der Waals surface area contributed by atoms with E-state index in [1.54, 1.807) is 19.4 Å². The molecule has 0 saturated carbocycles. The van der Waals surface area contributed by atoms with E-state index in [2.05, 4.69) is 0 Å². The van der Waals surface area contributed by atoms with Crippen molar-refractivity contribution in [2.45, 2.75) is 39.2 Å². The Morgan fingerprint density at radius 3 is 2.67 bits per heavy atom. The van der Waals surface area contributed by atoms with E-state index in [0.717, 1.165) is 5.56 Å². The van der Waals surface area contributed by atoms with Crippen LogP contribution in [-0.4, -0.2) is 18.5 Å². The molecule has 1 heterocycles. The number of carbonyl (C=O) groups is 1. The first kappa shape index (κ1) is 12.0. The first-order valence-electron chi connectivity index (χ1n) is 5.09. The van der Waals surface area contributed by atoms with Gasteiger partial charge in [0, 0.05) is 13.5 Å². The van der Waals surface area contributed by atoms with Gasteiger partial charge in [0.25, 0.3) is 0 Å². The smallest absolute Gasteiger partial charge is 0.198 e. The Morgan fingerprint density at radius 2 is 2.20 bits per heavy atom. The van der Waals surface area contributed by atoms with Crippen molar-refractivity contribution in [3.63, 3.8) is 0 Å². The van der Waals surface area contributed by atoms with Crippen LogP contribution in [0.3, 0.4) is 0 Å². The van der Waals surface area contributed by atoms with Crippen molar-refractivity contribution in [3.8, 4) is 0 Å². The molecule has 1 aromatic heterocycles. The molecular weight excluding hydrogens is 192 g/mol. The number of carbonyl (C=O) groups excluding carboxylic acids is 1. The lowest BCUT2D eigenvalue weighted by atomic mass is 9.99. The predicted molar refractivity (Wildman–Crippen MR) is 58.1 cm³/mol. The van der Waals surface area contributed by atoms with Crippen LogP contribution < -0.4 is 0 Å². The van der Waals surface area contributed by atoms with Crippen LogP contribution in [0, 0.1) is 6.92 Å². The zero-order chi connectivity index (χ0) is 11.5. The van der Waals surface area contributed by atoms with Gasteiger partial charge < -0.3 is 9.15 Å². The molecule has 3 nitrogen and oxygen atoms in total. The molecule has 0 aliphatic heterocycles. The summed E-state index contributed by atoms with van der Waals surface area (Å²) in [6.45, 7) is 5.81. The summed E-state index contributed by atoms with van der Waals surface area (Å²) in [5.41, 5.74) is 0.645. The molecule has 0 radical (unpaired) electrons. The molecule has 0 N–H and O–H groups in total. The van der Waals surface area contributed by atoms with E-state index in [0.29, 0.717) is 18.6 Å². The number of methoxy groups -OCH3 is 1. The van der Waals surface area contributed by atoms with Gasteiger partial charge in [0.05, 0.1) is 11.9 Å². The second-order valence-electron chi connectivity index (χ2n) is 4.32. The Balaban J connectivity index is 2.55. The fraction of sp³-hybridized carbons (Fsp3) is 0.583. The summed E-state index contributed by atoms with van der Waals surface area (Å²) in [7, 11) is 1.66. The standard InChI is InChI=1S/C12H18O3/c1-9-6-8-15-11(9)10(13)5-7-12(2,3)14-4/h6,8H,5,7H2,1-4H3. The molecule has 84 valence electrons. The van der Waals surface area contributed by atoms with Crippen LogP contribution in [0.25, 0.3) is 0 Å². The van der Waals surface area contributed by atoms with Crippen LogP contribution >= 0.6 is 0 Å². The van der Waals surface area contributed by atoms with Crippen LogP contribution in [0.5, 0.6) is 0 Å². The van der Waals surface area contributed by atoms with Gasteiger partial charge in [-0.1, -0.05) is 0 Å². The van der Waals surface area contributed by atoms with Crippen molar-refractivity contribution in [3.05, 3.63) is 23.7 Å². The third-order valence-electron chi connectivity index (χ3n) is 2.62. The lowest BCUT2D eigenvalue weighted by molar-refractivity contribution is 0.0139. The number of rotatable bonds is 5. The van der Waals surface area contributed by atoms with Gasteiger partial charge in [-0.05, 0) is 38.8 Å². The number of ether oxygens (including phenoxy) is 1. The fourth-order valence-electron chi connectivity index (χ4n) is 1.29. The highest BCUT2D eigenvalue weighted by Crippen LogP contribution is 2.19. The molecule has 1 rings (SSSR count). The van der Waals surface area contributed by atoms with Crippen molar-refractivity contribution in [2.75, 3.05) is 7.11 Å². The van der Waals surface area contributed by atoms with E-state index in [9.17, 15) is 4.79 Å². The Kier molecular flexibility index (Phi) is 3.69. The molecule has 0 fully saturated rings. The maximum absolute atomic E-state index is 11.7. The van der Waals surface area contributed by atoms with Gasteiger partial charge >= 0.3 is 0 Å². The third-order valence-corrected chi connectivity index (χ3v) is 2.62. The van der Waals surface area contributed by atoms with Gasteiger partial charge in [-0.3, -0.25) is 4.79 Å². The molecule has 3 heteroatoms. The summed E-state index contributed by atoms with van der Waals surface area (Å²) >= 11 is 0. The SMILES string of the molecule is COC(C)(C)CCC(=O)c1occc1C. The molecule has 15 heavy (non-hydrogen) atoms. The first-order chi connectivity index (χ1) is 6.96. The molecule has 0 aliphatic carbocycles. The minimum Gasteiger partial charge on any atom is -0.461 e. The van der Waals surface area contributed by atoms with E-state index >= 15 is 0 Å². The van der Waals surface area contributed by atoms with Gasteiger partial charge in [0.1, 0.15) is 0 Å². The third kappa shape index (κ3) is 3.20. The number of hydrogen-bond acceptors (Lipinski definition) is 3. The summed E-state index contributed by atoms with van der Waals surface area (Å²) in [5.74, 6) is 0.518. The van der Waals surface area contributed by atoms with Crippen molar-refractivity contribution < 1.29 is 13.9 Å². The van der Waals surface area contributed by atoms with Gasteiger partial charge in [-0.15, -0.1) is 0 Å². The van der Waals surface area contributed by atoms with E-state index in [1.165, 1.54) is 0 Å². The summed E-state index contributed by atoms with van der Waals surface area (Å²) < 4.78 is 10.4. The van der Waals surface area contributed by atoms with E-state index in [-0.39, 0.29) is 11.4 Å². The second kappa shape index (κ2) is 4.62. The molecule has 0 spiro atoms. The minimum absolute atomic E-state index is 0.0441. The highest BCUT2D eigenvalue weighted by Gasteiger charge is 2.20. The van der Waals surface area contributed by atoms with Crippen molar-refractivity contribution in [1.82, 2.24) is 0 Å². The largest absolute Gasteiger partial charge is 0.461 e. The molecule has 0 aromatic carbocycles. The van der Waals surface area contributed by atoms with Crippen LogP contribution in [0.1, 0.15) is 42.8 Å². The molecule has 1 aromatic rings. The zero-order valence-corrected chi connectivity index (χ0v) is 9.79. The fourth-order valence-corrected chi connectivity index (χ4v) is 1.29. The van der Waals surface area contributed by atoms with Crippen LogP contribution in [0.4, 0.5) is 0 Å². The Bertz CT molecular complexity index is 336. The second-order valence-corrected chi connectivity index (χ2v) is 4.32. The first-order valence-corrected chi connectivity index (χ1v) is 5.09. The minimum atomic E-state index is -0.254. The Labute approximate surface area is 90.4 Å². The van der Waals surface area contributed by atoms with Crippen molar-refractivity contribution in [1.29, 1.82) is 0 Å². The topological polar surface area (TPSA) is 39.4 Å². The molecule has 0 bridgehead atoms. The summed E-state index contributed by atoms with van der Waals surface area (Å²) in [5, 5.41) is 0. The van der Waals surface area contributed by atoms with E-state index < -0.39 is 0 Å². The van der Waals surface area contributed by atoms with Gasteiger partial charge in [0.2, 0.25) is 0 Å². The van der Waals surface area contributed by atoms with Gasteiger partial charge in [-0.2, -0.15) is 0 Å². The average molecular weight is 210 g/mol. The highest BCUT2D eigenvalue weighted by atomic mass is 16.5. The molecule has 0 saturated heterocycles. The van der Waals surface area contributed by atoms with Crippen LogP contribution in [-0.2, 0) is 4.74 Å². The number of furan rings is 1. The van der Waals surface area contributed by atoms with Crippen LogP contribution in [0.2, 0.25) is 0 Å². The number of Topliss-reactive ketones (excluding diaryl/α,β-unsaturated/α-hetero) is 1. The Hall–Kier alpha value is -1.09. The molecule has 0 unspecified atom stereocenters. The summed E-state index contributed by atoms with van der Waals surface area (Å²) in [6, 6.07) is 1.80. The maximum Gasteiger partial charge on any atom is 0.198 e. The van der Waals surface area contributed by atoms with Gasteiger partial charge in [0.15, 0.2) is 11.5 Å².